The number of aromatic nitrogens is 2. The van der Waals surface area contributed by atoms with Gasteiger partial charge in [0.25, 0.3) is 0 Å². The molecule has 1 aromatic heterocycles. The van der Waals surface area contributed by atoms with E-state index in [9.17, 15) is 4.79 Å². The molecule has 0 fully saturated rings. The van der Waals surface area contributed by atoms with Crippen LogP contribution in [-0.4, -0.2) is 15.6 Å². The topological polar surface area (TPSA) is 34.9 Å². The molecule has 72 valence electrons. The fraction of sp³-hybridized carbons (Fsp3) is 0.600. The second-order valence-corrected chi connectivity index (χ2v) is 3.64. The molecule has 0 aliphatic carbocycles. The summed E-state index contributed by atoms with van der Waals surface area (Å²) in [6.07, 6.45) is 0. The van der Waals surface area contributed by atoms with Crippen LogP contribution in [0.15, 0.2) is 0 Å². The SMILES string of the molecule is CC(=O)c1c(C)nn(C(C)C)c1C. The average Bonchev–Trinajstić information content (AvgIpc) is 2.26. The maximum atomic E-state index is 11.3. The Morgan fingerprint density at radius 1 is 1.38 bits per heavy atom. The van der Waals surface area contributed by atoms with Crippen LogP contribution in [0.4, 0.5) is 0 Å². The predicted octanol–water partition coefficient (Wildman–Crippen LogP) is 2.28. The van der Waals surface area contributed by atoms with E-state index in [1.54, 1.807) is 6.92 Å². The summed E-state index contributed by atoms with van der Waals surface area (Å²) < 4.78 is 1.89. The van der Waals surface area contributed by atoms with Crippen molar-refractivity contribution < 1.29 is 4.79 Å². The minimum atomic E-state index is 0.0990. The predicted molar refractivity (Wildman–Crippen MR) is 52.1 cm³/mol. The van der Waals surface area contributed by atoms with Gasteiger partial charge in [-0.1, -0.05) is 0 Å². The highest BCUT2D eigenvalue weighted by Crippen LogP contribution is 2.17. The number of ketones is 1. The number of carbonyl (C=O) groups is 1. The van der Waals surface area contributed by atoms with Gasteiger partial charge in [0, 0.05) is 11.7 Å². The van der Waals surface area contributed by atoms with Crippen molar-refractivity contribution >= 4 is 5.78 Å². The molecule has 0 aromatic carbocycles. The third-order valence-corrected chi connectivity index (χ3v) is 2.17. The Bertz CT molecular complexity index is 337. The second kappa shape index (κ2) is 3.32. The zero-order valence-corrected chi connectivity index (χ0v) is 8.88. The van der Waals surface area contributed by atoms with Gasteiger partial charge < -0.3 is 0 Å². The number of nitrogens with zero attached hydrogens (tertiary/aromatic N) is 2. The molecule has 0 aliphatic rings. The zero-order valence-electron chi connectivity index (χ0n) is 8.88. The lowest BCUT2D eigenvalue weighted by molar-refractivity contribution is 0.101. The molecule has 0 aliphatic heterocycles. The highest BCUT2D eigenvalue weighted by Gasteiger charge is 2.15. The van der Waals surface area contributed by atoms with Gasteiger partial charge in [0.15, 0.2) is 5.78 Å². The number of Topliss-reactive ketones (excluding diaryl/α,β-unsaturated/α-hetero) is 1. The molecule has 3 heteroatoms. The average molecular weight is 180 g/mol. The van der Waals surface area contributed by atoms with Crippen LogP contribution in [0, 0.1) is 13.8 Å². The first-order valence-corrected chi connectivity index (χ1v) is 4.51. The standard InChI is InChI=1S/C10H16N2O/c1-6(2)12-8(4)10(9(5)13)7(3)11-12/h6H,1-5H3. The van der Waals surface area contributed by atoms with E-state index in [4.69, 9.17) is 0 Å². The monoisotopic (exact) mass is 180 g/mol. The van der Waals surface area contributed by atoms with Gasteiger partial charge in [-0.2, -0.15) is 5.10 Å². The van der Waals surface area contributed by atoms with Crippen molar-refractivity contribution in [3.8, 4) is 0 Å². The smallest absolute Gasteiger partial charge is 0.163 e. The summed E-state index contributed by atoms with van der Waals surface area (Å²) in [5, 5.41) is 4.33. The number of hydrogen-bond acceptors (Lipinski definition) is 2. The van der Waals surface area contributed by atoms with Crippen LogP contribution in [0.3, 0.4) is 0 Å². The molecule has 0 saturated heterocycles. The largest absolute Gasteiger partial charge is 0.294 e. The van der Waals surface area contributed by atoms with E-state index in [0.717, 1.165) is 17.0 Å². The Morgan fingerprint density at radius 2 is 1.92 bits per heavy atom. The van der Waals surface area contributed by atoms with E-state index in [1.807, 2.05) is 18.5 Å². The maximum Gasteiger partial charge on any atom is 0.163 e. The summed E-state index contributed by atoms with van der Waals surface area (Å²) >= 11 is 0. The van der Waals surface area contributed by atoms with Gasteiger partial charge in [0.1, 0.15) is 0 Å². The van der Waals surface area contributed by atoms with Crippen LogP contribution in [-0.2, 0) is 0 Å². The third-order valence-electron chi connectivity index (χ3n) is 2.17. The summed E-state index contributed by atoms with van der Waals surface area (Å²) in [7, 11) is 0. The van der Waals surface area contributed by atoms with Gasteiger partial charge in [0.2, 0.25) is 0 Å². The van der Waals surface area contributed by atoms with E-state index < -0.39 is 0 Å². The lowest BCUT2D eigenvalue weighted by Gasteiger charge is -2.07. The molecule has 1 rings (SSSR count). The van der Waals surface area contributed by atoms with E-state index >= 15 is 0 Å². The first kappa shape index (κ1) is 9.96. The molecule has 13 heavy (non-hydrogen) atoms. The highest BCUT2D eigenvalue weighted by atomic mass is 16.1. The minimum Gasteiger partial charge on any atom is -0.294 e. The summed E-state index contributed by atoms with van der Waals surface area (Å²) in [5.41, 5.74) is 2.58. The van der Waals surface area contributed by atoms with Crippen LogP contribution in [0.25, 0.3) is 0 Å². The van der Waals surface area contributed by atoms with Crippen LogP contribution in [0.2, 0.25) is 0 Å². The highest BCUT2D eigenvalue weighted by molar-refractivity contribution is 5.96. The zero-order chi connectivity index (χ0) is 10.2. The van der Waals surface area contributed by atoms with Crippen LogP contribution < -0.4 is 0 Å². The molecular weight excluding hydrogens is 164 g/mol. The van der Waals surface area contributed by atoms with Crippen molar-refractivity contribution in [1.82, 2.24) is 9.78 Å². The van der Waals surface area contributed by atoms with E-state index in [2.05, 4.69) is 18.9 Å². The normalized spacial score (nSPS) is 10.9. The van der Waals surface area contributed by atoms with Crippen molar-refractivity contribution in [3.05, 3.63) is 17.0 Å². The fourth-order valence-corrected chi connectivity index (χ4v) is 1.68. The molecule has 0 atom stereocenters. The van der Waals surface area contributed by atoms with E-state index in [1.165, 1.54) is 0 Å². The van der Waals surface area contributed by atoms with Crippen molar-refractivity contribution in [3.63, 3.8) is 0 Å². The van der Waals surface area contributed by atoms with Crippen molar-refractivity contribution in [1.29, 1.82) is 0 Å². The molecule has 0 unspecified atom stereocenters. The Hall–Kier alpha value is -1.12. The minimum absolute atomic E-state index is 0.0990. The fourth-order valence-electron chi connectivity index (χ4n) is 1.68. The first-order valence-electron chi connectivity index (χ1n) is 4.51. The molecule has 0 spiro atoms. The van der Waals surface area contributed by atoms with Crippen LogP contribution in [0.5, 0.6) is 0 Å². The molecule has 0 bridgehead atoms. The molecule has 1 heterocycles. The Morgan fingerprint density at radius 3 is 2.15 bits per heavy atom. The molecule has 0 amide bonds. The molecule has 0 N–H and O–H groups in total. The van der Waals surface area contributed by atoms with E-state index in [0.29, 0.717) is 6.04 Å². The van der Waals surface area contributed by atoms with Gasteiger partial charge in [-0.15, -0.1) is 0 Å². The Labute approximate surface area is 78.8 Å². The molecule has 3 nitrogen and oxygen atoms in total. The first-order chi connectivity index (χ1) is 5.95. The van der Waals surface area contributed by atoms with Gasteiger partial charge in [0.05, 0.1) is 11.3 Å². The Kier molecular flexibility index (Phi) is 2.55. The number of aryl methyl sites for hydroxylation is 1. The van der Waals surface area contributed by atoms with Crippen molar-refractivity contribution in [2.24, 2.45) is 0 Å². The van der Waals surface area contributed by atoms with Gasteiger partial charge in [-0.25, -0.2) is 0 Å². The van der Waals surface area contributed by atoms with Gasteiger partial charge in [-0.05, 0) is 34.6 Å². The van der Waals surface area contributed by atoms with E-state index in [-0.39, 0.29) is 5.78 Å². The molecule has 1 aromatic rings. The number of rotatable bonds is 2. The molecular formula is C10H16N2O. The second-order valence-electron chi connectivity index (χ2n) is 3.64. The summed E-state index contributed by atoms with van der Waals surface area (Å²) in [6.45, 7) is 9.52. The Balaban J connectivity index is 3.30. The van der Waals surface area contributed by atoms with Crippen molar-refractivity contribution in [2.75, 3.05) is 0 Å². The van der Waals surface area contributed by atoms with Crippen LogP contribution >= 0.6 is 0 Å². The summed E-state index contributed by atoms with van der Waals surface area (Å²) in [5.74, 6) is 0.0990. The number of hydrogen-bond donors (Lipinski definition) is 0. The quantitative estimate of drug-likeness (QED) is 0.654. The molecule has 0 saturated carbocycles. The lowest BCUT2D eigenvalue weighted by atomic mass is 10.1. The maximum absolute atomic E-state index is 11.3. The van der Waals surface area contributed by atoms with Gasteiger partial charge >= 0.3 is 0 Å². The van der Waals surface area contributed by atoms with Crippen molar-refractivity contribution in [2.45, 2.75) is 40.7 Å². The third kappa shape index (κ3) is 1.64. The van der Waals surface area contributed by atoms with Gasteiger partial charge in [-0.3, -0.25) is 9.48 Å². The number of carbonyl (C=O) groups excluding carboxylic acids is 1. The lowest BCUT2D eigenvalue weighted by Crippen LogP contribution is -2.05. The summed E-state index contributed by atoms with van der Waals surface area (Å²) in [6, 6.07) is 0.312. The molecule has 0 radical (unpaired) electrons. The van der Waals surface area contributed by atoms with Crippen LogP contribution in [0.1, 0.15) is 48.6 Å². The summed E-state index contributed by atoms with van der Waals surface area (Å²) in [4.78, 5) is 11.3.